The Morgan fingerprint density at radius 2 is 2.21 bits per heavy atom. The van der Waals surface area contributed by atoms with E-state index in [1.807, 2.05) is 0 Å². The molecule has 0 radical (unpaired) electrons. The number of rotatable bonds is 4. The summed E-state index contributed by atoms with van der Waals surface area (Å²) in [5.74, 6) is 0. The van der Waals surface area contributed by atoms with Gasteiger partial charge in [0.2, 0.25) is 10.0 Å². The van der Waals surface area contributed by atoms with E-state index in [0.29, 0.717) is 32.7 Å². The highest BCUT2D eigenvalue weighted by Crippen LogP contribution is 2.13. The maximum Gasteiger partial charge on any atom is 0.216 e. The Hall–Kier alpha value is 0.120. The van der Waals surface area contributed by atoms with E-state index in [0.717, 1.165) is 6.42 Å². The normalized spacial score (nSPS) is 22.8. The zero-order valence-corrected chi connectivity index (χ0v) is 9.57. The second-order valence-electron chi connectivity index (χ2n) is 3.07. The Labute approximate surface area is 90.8 Å². The fourth-order valence-corrected chi connectivity index (χ4v) is 2.67. The minimum atomic E-state index is -3.20. The molecule has 1 fully saturated rings. The van der Waals surface area contributed by atoms with Gasteiger partial charge in [0.25, 0.3) is 0 Å². The van der Waals surface area contributed by atoms with Gasteiger partial charge in [-0.15, -0.1) is 12.4 Å². The maximum atomic E-state index is 11.5. The topological polar surface area (TPSA) is 81.4 Å². The number of halogens is 1. The van der Waals surface area contributed by atoms with E-state index in [9.17, 15) is 8.42 Å². The average Bonchev–Trinajstić information content (AvgIpc) is 2.16. The minimum Gasteiger partial charge on any atom is -0.380 e. The summed E-state index contributed by atoms with van der Waals surface area (Å²) in [6.07, 6.45) is 1.49. The summed E-state index contributed by atoms with van der Waals surface area (Å²) in [6, 6.07) is 0. The molecule has 1 unspecified atom stereocenters. The summed E-state index contributed by atoms with van der Waals surface area (Å²) < 4.78 is 30.5. The van der Waals surface area contributed by atoms with Crippen molar-refractivity contribution in [2.24, 2.45) is 5.73 Å². The number of nitrogens with two attached hydrogens (primary N) is 1. The lowest BCUT2D eigenvalue weighted by Gasteiger charge is -2.22. The van der Waals surface area contributed by atoms with Crippen molar-refractivity contribution in [3.05, 3.63) is 0 Å². The van der Waals surface area contributed by atoms with Gasteiger partial charge < -0.3 is 10.5 Å². The van der Waals surface area contributed by atoms with Gasteiger partial charge in [-0.1, -0.05) is 0 Å². The Balaban J connectivity index is 0.00000169. The number of hydrogen-bond donors (Lipinski definition) is 2. The lowest BCUT2D eigenvalue weighted by molar-refractivity contribution is 0.0988. The van der Waals surface area contributed by atoms with Crippen LogP contribution in [0.3, 0.4) is 0 Å². The van der Waals surface area contributed by atoms with E-state index >= 15 is 0 Å². The van der Waals surface area contributed by atoms with Crippen molar-refractivity contribution >= 4 is 22.4 Å². The molecule has 0 aromatic heterocycles. The fourth-order valence-electron chi connectivity index (χ4n) is 1.27. The van der Waals surface area contributed by atoms with Crippen LogP contribution in [-0.2, 0) is 14.8 Å². The molecular weight excluding hydrogens is 228 g/mol. The Kier molecular flexibility index (Phi) is 6.63. The molecule has 0 aromatic carbocycles. The van der Waals surface area contributed by atoms with Gasteiger partial charge in [0.05, 0.1) is 11.9 Å². The molecule has 0 amide bonds. The molecule has 1 atom stereocenters. The first-order chi connectivity index (χ1) is 6.17. The van der Waals surface area contributed by atoms with Gasteiger partial charge in [-0.25, -0.2) is 13.1 Å². The highest BCUT2D eigenvalue weighted by Gasteiger charge is 2.26. The van der Waals surface area contributed by atoms with Crippen molar-refractivity contribution in [1.29, 1.82) is 0 Å². The van der Waals surface area contributed by atoms with Crippen LogP contribution >= 0.6 is 12.4 Å². The summed E-state index contributed by atoms with van der Waals surface area (Å²) in [7, 11) is -3.20. The molecule has 0 bridgehead atoms. The van der Waals surface area contributed by atoms with E-state index in [2.05, 4.69) is 4.72 Å². The van der Waals surface area contributed by atoms with Crippen LogP contribution in [0.4, 0.5) is 0 Å². The minimum absolute atomic E-state index is 0. The van der Waals surface area contributed by atoms with Crippen molar-refractivity contribution in [3.8, 4) is 0 Å². The predicted octanol–water partition coefficient (Wildman–Crippen LogP) is -0.535. The SMILES string of the molecule is Cl.NCCNS(=O)(=O)C1CCCOC1. The molecule has 7 heteroatoms. The molecule has 0 aromatic rings. The van der Waals surface area contributed by atoms with Crippen LogP contribution < -0.4 is 10.5 Å². The average molecular weight is 245 g/mol. The first kappa shape index (κ1) is 14.1. The van der Waals surface area contributed by atoms with Crippen LogP contribution in [0.15, 0.2) is 0 Å². The number of nitrogens with one attached hydrogen (secondary N) is 1. The smallest absolute Gasteiger partial charge is 0.216 e. The monoisotopic (exact) mass is 244 g/mol. The maximum absolute atomic E-state index is 11.5. The first-order valence-corrected chi connectivity index (χ1v) is 5.98. The van der Waals surface area contributed by atoms with Gasteiger partial charge in [-0.2, -0.15) is 0 Å². The van der Waals surface area contributed by atoms with Gasteiger partial charge in [-0.05, 0) is 12.8 Å². The summed E-state index contributed by atoms with van der Waals surface area (Å²) in [5.41, 5.74) is 5.21. The predicted molar refractivity (Wildman–Crippen MR) is 57.1 cm³/mol. The molecule has 1 heterocycles. The number of ether oxygens (including phenoxy) is 1. The molecule has 0 saturated carbocycles. The second kappa shape index (κ2) is 6.58. The summed E-state index contributed by atoms with van der Waals surface area (Å²) >= 11 is 0. The quantitative estimate of drug-likeness (QED) is 0.696. The lowest BCUT2D eigenvalue weighted by Crippen LogP contribution is -2.41. The lowest BCUT2D eigenvalue weighted by atomic mass is 10.2. The summed E-state index contributed by atoms with van der Waals surface area (Å²) in [4.78, 5) is 0. The molecule has 0 spiro atoms. The van der Waals surface area contributed by atoms with Gasteiger partial charge in [-0.3, -0.25) is 0 Å². The molecule has 3 N–H and O–H groups in total. The van der Waals surface area contributed by atoms with E-state index in [1.165, 1.54) is 0 Å². The van der Waals surface area contributed by atoms with Gasteiger partial charge in [0.15, 0.2) is 0 Å². The van der Waals surface area contributed by atoms with Crippen molar-refractivity contribution in [2.75, 3.05) is 26.3 Å². The molecule has 1 saturated heterocycles. The molecular formula is C7H17ClN2O3S. The van der Waals surface area contributed by atoms with Crippen molar-refractivity contribution in [1.82, 2.24) is 4.72 Å². The van der Waals surface area contributed by atoms with Gasteiger partial charge in [0.1, 0.15) is 0 Å². The summed E-state index contributed by atoms with van der Waals surface area (Å²) in [5, 5.41) is -0.396. The van der Waals surface area contributed by atoms with E-state index in [4.69, 9.17) is 10.5 Å². The Morgan fingerprint density at radius 3 is 2.71 bits per heavy atom. The van der Waals surface area contributed by atoms with E-state index in [1.54, 1.807) is 0 Å². The van der Waals surface area contributed by atoms with Crippen LogP contribution in [0.25, 0.3) is 0 Å². The molecule has 86 valence electrons. The molecule has 0 aliphatic carbocycles. The van der Waals surface area contributed by atoms with Gasteiger partial charge in [0, 0.05) is 19.7 Å². The summed E-state index contributed by atoms with van der Waals surface area (Å²) in [6.45, 7) is 1.61. The zero-order valence-electron chi connectivity index (χ0n) is 7.94. The third kappa shape index (κ3) is 4.10. The van der Waals surface area contributed by atoms with Crippen molar-refractivity contribution in [3.63, 3.8) is 0 Å². The van der Waals surface area contributed by atoms with Crippen LogP contribution in [-0.4, -0.2) is 40.0 Å². The zero-order chi connectivity index (χ0) is 9.73. The van der Waals surface area contributed by atoms with Crippen LogP contribution in [0.1, 0.15) is 12.8 Å². The number of sulfonamides is 1. The Morgan fingerprint density at radius 1 is 1.50 bits per heavy atom. The molecule has 14 heavy (non-hydrogen) atoms. The fraction of sp³-hybridized carbons (Fsp3) is 1.00. The Bertz CT molecular complexity index is 239. The number of hydrogen-bond acceptors (Lipinski definition) is 4. The van der Waals surface area contributed by atoms with Gasteiger partial charge >= 0.3 is 0 Å². The largest absolute Gasteiger partial charge is 0.380 e. The van der Waals surface area contributed by atoms with Crippen molar-refractivity contribution < 1.29 is 13.2 Å². The second-order valence-corrected chi connectivity index (χ2v) is 5.11. The van der Waals surface area contributed by atoms with E-state index < -0.39 is 15.3 Å². The highest BCUT2D eigenvalue weighted by molar-refractivity contribution is 7.90. The third-order valence-corrected chi connectivity index (χ3v) is 3.86. The van der Waals surface area contributed by atoms with Crippen molar-refractivity contribution in [2.45, 2.75) is 18.1 Å². The molecule has 5 nitrogen and oxygen atoms in total. The van der Waals surface area contributed by atoms with Crippen LogP contribution in [0, 0.1) is 0 Å². The standard InChI is InChI=1S/C7H16N2O3S.ClH/c8-3-4-9-13(10,11)7-2-1-5-12-6-7;/h7,9H,1-6,8H2;1H. The van der Waals surface area contributed by atoms with E-state index in [-0.39, 0.29) is 12.4 Å². The van der Waals surface area contributed by atoms with Crippen LogP contribution in [0.5, 0.6) is 0 Å². The third-order valence-electron chi connectivity index (χ3n) is 2.00. The molecule has 1 aliphatic rings. The molecule has 1 aliphatic heterocycles. The van der Waals surface area contributed by atoms with Crippen LogP contribution in [0.2, 0.25) is 0 Å². The highest BCUT2D eigenvalue weighted by atomic mass is 35.5. The first-order valence-electron chi connectivity index (χ1n) is 4.43. The molecule has 1 rings (SSSR count).